The summed E-state index contributed by atoms with van der Waals surface area (Å²) >= 11 is 6.84. The van der Waals surface area contributed by atoms with Crippen LogP contribution < -0.4 is 9.64 Å². The Hall–Kier alpha value is -3.36. The van der Waals surface area contributed by atoms with Crippen molar-refractivity contribution in [3.8, 4) is 5.75 Å². The van der Waals surface area contributed by atoms with E-state index in [1.165, 1.54) is 7.11 Å². The van der Waals surface area contributed by atoms with Crippen LogP contribution in [0.5, 0.6) is 5.75 Å². The fraction of sp³-hybridized carbons (Fsp3) is 0.167. The van der Waals surface area contributed by atoms with Crippen LogP contribution in [0.2, 0.25) is 5.02 Å². The number of nitro groups is 1. The standard InChI is InChI=1S/C24H19ClN2O5S/c1-32-20-13-11-19(12-14-20)27-22(28)24(33-23(27)29,17-5-3-2-4-6-17)21(15-26(30)31)16-7-9-18(25)10-8-16/h2-14,21H,15H2,1H3/t21-,24-/m1/s1. The molecular formula is C24H19ClN2O5S. The number of rotatable bonds is 7. The highest BCUT2D eigenvalue weighted by Gasteiger charge is 2.60. The SMILES string of the molecule is COc1ccc(N2C(=O)S[C@](c3ccccc3)([C@H](C[N+](=O)[O-])c3ccc(Cl)cc3)C2=O)cc1. The van der Waals surface area contributed by atoms with Crippen LogP contribution in [0.4, 0.5) is 10.5 Å². The maximum absolute atomic E-state index is 14.1. The molecule has 1 aliphatic heterocycles. The monoisotopic (exact) mass is 482 g/mol. The van der Waals surface area contributed by atoms with Crippen molar-refractivity contribution in [2.45, 2.75) is 10.7 Å². The third-order valence-corrected chi connectivity index (χ3v) is 7.21. The van der Waals surface area contributed by atoms with E-state index in [0.29, 0.717) is 27.6 Å². The molecule has 3 aromatic rings. The van der Waals surface area contributed by atoms with Gasteiger partial charge < -0.3 is 4.74 Å². The van der Waals surface area contributed by atoms with Crippen LogP contribution in [-0.2, 0) is 9.54 Å². The average molecular weight is 483 g/mol. The molecule has 2 amide bonds. The minimum atomic E-state index is -1.53. The number of ether oxygens (including phenoxy) is 1. The predicted octanol–water partition coefficient (Wildman–Crippen LogP) is 5.50. The average Bonchev–Trinajstić information content (AvgIpc) is 3.09. The molecule has 0 unspecified atom stereocenters. The Morgan fingerprint density at radius 3 is 2.24 bits per heavy atom. The number of anilines is 1. The molecule has 7 nitrogen and oxygen atoms in total. The molecule has 1 aliphatic rings. The predicted molar refractivity (Wildman–Crippen MR) is 128 cm³/mol. The number of amides is 2. The molecule has 0 N–H and O–H groups in total. The first kappa shape index (κ1) is 22.8. The number of hydrogen-bond acceptors (Lipinski definition) is 6. The second kappa shape index (κ2) is 9.25. The van der Waals surface area contributed by atoms with E-state index in [1.807, 2.05) is 0 Å². The Morgan fingerprint density at radius 2 is 1.67 bits per heavy atom. The van der Waals surface area contributed by atoms with Crippen LogP contribution in [0.15, 0.2) is 78.9 Å². The van der Waals surface area contributed by atoms with Gasteiger partial charge in [-0.3, -0.25) is 19.7 Å². The molecule has 0 radical (unpaired) electrons. The highest BCUT2D eigenvalue weighted by molar-refractivity contribution is 8.16. The van der Waals surface area contributed by atoms with E-state index in [9.17, 15) is 19.7 Å². The van der Waals surface area contributed by atoms with Crippen molar-refractivity contribution in [1.82, 2.24) is 0 Å². The molecule has 3 aromatic carbocycles. The van der Waals surface area contributed by atoms with Gasteiger partial charge in [0, 0.05) is 9.95 Å². The molecule has 1 heterocycles. The number of halogens is 1. The molecule has 0 aliphatic carbocycles. The van der Waals surface area contributed by atoms with E-state index in [0.717, 1.165) is 16.7 Å². The summed E-state index contributed by atoms with van der Waals surface area (Å²) in [6, 6.07) is 21.8. The Bertz CT molecular complexity index is 1190. The summed E-state index contributed by atoms with van der Waals surface area (Å²) in [5.41, 5.74) is 1.43. The van der Waals surface area contributed by atoms with Crippen LogP contribution in [0.25, 0.3) is 0 Å². The zero-order valence-corrected chi connectivity index (χ0v) is 19.1. The van der Waals surface area contributed by atoms with Crippen molar-refractivity contribution in [3.05, 3.63) is 105 Å². The van der Waals surface area contributed by atoms with Gasteiger partial charge in [0.2, 0.25) is 6.54 Å². The zero-order valence-electron chi connectivity index (χ0n) is 17.5. The van der Waals surface area contributed by atoms with Crippen LogP contribution >= 0.6 is 23.4 Å². The quantitative estimate of drug-likeness (QED) is 0.326. The van der Waals surface area contributed by atoms with Crippen LogP contribution in [0.1, 0.15) is 17.0 Å². The molecule has 0 spiro atoms. The number of carbonyl (C=O) groups is 2. The third kappa shape index (κ3) is 4.19. The number of benzene rings is 3. The summed E-state index contributed by atoms with van der Waals surface area (Å²) in [5, 5.41) is 11.7. The van der Waals surface area contributed by atoms with Crippen molar-refractivity contribution in [2.75, 3.05) is 18.6 Å². The van der Waals surface area contributed by atoms with E-state index in [4.69, 9.17) is 16.3 Å². The maximum atomic E-state index is 14.1. The Kier molecular flexibility index (Phi) is 6.40. The highest BCUT2D eigenvalue weighted by Crippen LogP contribution is 2.55. The number of imide groups is 1. The van der Waals surface area contributed by atoms with Crippen LogP contribution in [0, 0.1) is 10.1 Å². The minimum absolute atomic E-state index is 0.368. The second-order valence-electron chi connectivity index (χ2n) is 7.43. The molecule has 0 aromatic heterocycles. The Morgan fingerprint density at radius 1 is 1.03 bits per heavy atom. The van der Waals surface area contributed by atoms with Gasteiger partial charge in [0.25, 0.3) is 11.1 Å². The van der Waals surface area contributed by atoms with Crippen molar-refractivity contribution in [1.29, 1.82) is 0 Å². The lowest BCUT2D eigenvalue weighted by Gasteiger charge is -2.33. The van der Waals surface area contributed by atoms with Gasteiger partial charge in [0.1, 0.15) is 10.5 Å². The molecule has 2 atom stereocenters. The van der Waals surface area contributed by atoms with Crippen molar-refractivity contribution in [2.24, 2.45) is 0 Å². The summed E-state index contributed by atoms with van der Waals surface area (Å²) in [6.45, 7) is -0.543. The van der Waals surface area contributed by atoms with E-state index >= 15 is 0 Å². The van der Waals surface area contributed by atoms with Crippen molar-refractivity contribution >= 4 is 40.2 Å². The molecule has 33 heavy (non-hydrogen) atoms. The normalized spacial score (nSPS) is 18.9. The van der Waals surface area contributed by atoms with Crippen molar-refractivity contribution in [3.63, 3.8) is 0 Å². The van der Waals surface area contributed by atoms with Crippen LogP contribution in [-0.4, -0.2) is 29.7 Å². The molecular weight excluding hydrogens is 464 g/mol. The smallest absolute Gasteiger partial charge is 0.294 e. The molecule has 9 heteroatoms. The van der Waals surface area contributed by atoms with E-state index in [-0.39, 0.29) is 0 Å². The molecule has 0 saturated carbocycles. The zero-order chi connectivity index (χ0) is 23.6. The summed E-state index contributed by atoms with van der Waals surface area (Å²) < 4.78 is 3.64. The lowest BCUT2D eigenvalue weighted by molar-refractivity contribution is -0.484. The molecule has 0 bridgehead atoms. The lowest BCUT2D eigenvalue weighted by Crippen LogP contribution is -2.44. The third-order valence-electron chi connectivity index (χ3n) is 5.58. The summed E-state index contributed by atoms with van der Waals surface area (Å²) in [5.74, 6) is -0.875. The number of carbonyl (C=O) groups excluding carboxylic acids is 2. The largest absolute Gasteiger partial charge is 0.497 e. The molecule has 1 saturated heterocycles. The van der Waals surface area contributed by atoms with E-state index in [1.54, 1.807) is 78.9 Å². The first-order chi connectivity index (χ1) is 15.9. The highest BCUT2D eigenvalue weighted by atomic mass is 35.5. The fourth-order valence-corrected chi connectivity index (χ4v) is 5.50. The van der Waals surface area contributed by atoms with Crippen LogP contribution in [0.3, 0.4) is 0 Å². The topological polar surface area (TPSA) is 89.8 Å². The maximum Gasteiger partial charge on any atom is 0.294 e. The Balaban J connectivity index is 1.90. The number of hydrogen-bond donors (Lipinski definition) is 0. The van der Waals surface area contributed by atoms with E-state index < -0.39 is 33.3 Å². The first-order valence-electron chi connectivity index (χ1n) is 10.0. The van der Waals surface area contributed by atoms with E-state index in [2.05, 4.69) is 0 Å². The Labute approximate surface area is 199 Å². The number of thioether (sulfide) groups is 1. The molecule has 168 valence electrons. The molecule has 1 fully saturated rings. The van der Waals surface area contributed by atoms with Gasteiger partial charge in [0.15, 0.2) is 0 Å². The van der Waals surface area contributed by atoms with Gasteiger partial charge in [0.05, 0.1) is 18.7 Å². The van der Waals surface area contributed by atoms with Gasteiger partial charge in [-0.25, -0.2) is 4.90 Å². The summed E-state index contributed by atoms with van der Waals surface area (Å²) in [6.07, 6.45) is 0. The van der Waals surface area contributed by atoms with Crippen molar-refractivity contribution < 1.29 is 19.2 Å². The number of methoxy groups -OCH3 is 1. The van der Waals surface area contributed by atoms with Gasteiger partial charge >= 0.3 is 0 Å². The summed E-state index contributed by atoms with van der Waals surface area (Å²) in [4.78, 5) is 39.7. The second-order valence-corrected chi connectivity index (χ2v) is 9.06. The number of nitrogens with zero attached hydrogens (tertiary/aromatic N) is 2. The van der Waals surface area contributed by atoms with Gasteiger partial charge in [-0.05, 0) is 59.3 Å². The van der Waals surface area contributed by atoms with Gasteiger partial charge in [-0.2, -0.15) is 0 Å². The lowest BCUT2D eigenvalue weighted by atomic mass is 9.79. The van der Waals surface area contributed by atoms with Gasteiger partial charge in [-0.1, -0.05) is 54.1 Å². The minimum Gasteiger partial charge on any atom is -0.497 e. The van der Waals surface area contributed by atoms with Gasteiger partial charge in [-0.15, -0.1) is 0 Å². The first-order valence-corrected chi connectivity index (χ1v) is 11.2. The molecule has 4 rings (SSSR count). The summed E-state index contributed by atoms with van der Waals surface area (Å²) in [7, 11) is 1.52. The fourth-order valence-electron chi connectivity index (χ4n) is 4.03.